The number of hydrogen-bond acceptors (Lipinski definition) is 5. The molecule has 2 heterocycles. The molecule has 0 radical (unpaired) electrons. The number of hydroxylamine groups is 2. The van der Waals surface area contributed by atoms with Gasteiger partial charge in [-0.1, -0.05) is 30.3 Å². The number of fused-ring (bicyclic) bond motifs is 2. The molecule has 1 aromatic rings. The van der Waals surface area contributed by atoms with Crippen molar-refractivity contribution in [3.05, 3.63) is 35.9 Å². The van der Waals surface area contributed by atoms with E-state index < -0.39 is 0 Å². The molecule has 2 fully saturated rings. The standard InChI is InChI=1S/C22H33NO3S2/c1-23(25)22(24)9-5-6-13-27-16-19-18(20-10-11-21(19)26-20)12-14-28-15-17-7-3-2-4-8-17/h2-4,7-8,18-21,25H,5-6,9-16H2,1H3. The SMILES string of the molecule is CN(O)C(=O)CCCCSCC1C2CCC(O2)C1CCSCc1ccccc1. The molecule has 4 unspecified atom stereocenters. The van der Waals surface area contributed by atoms with Crippen LogP contribution in [-0.4, -0.2) is 52.7 Å². The van der Waals surface area contributed by atoms with Gasteiger partial charge in [0.1, 0.15) is 0 Å². The lowest BCUT2D eigenvalue weighted by atomic mass is 9.79. The lowest BCUT2D eigenvalue weighted by Crippen LogP contribution is -2.29. The molecule has 3 rings (SSSR count). The van der Waals surface area contributed by atoms with Crippen LogP contribution >= 0.6 is 23.5 Å². The van der Waals surface area contributed by atoms with Gasteiger partial charge in [0, 0.05) is 19.2 Å². The molecule has 4 atom stereocenters. The maximum absolute atomic E-state index is 11.4. The van der Waals surface area contributed by atoms with Gasteiger partial charge in [0.05, 0.1) is 12.2 Å². The van der Waals surface area contributed by atoms with E-state index in [1.165, 1.54) is 43.4 Å². The Hall–Kier alpha value is -0.690. The van der Waals surface area contributed by atoms with E-state index in [9.17, 15) is 4.79 Å². The molecule has 2 saturated heterocycles. The van der Waals surface area contributed by atoms with Gasteiger partial charge in [-0.2, -0.15) is 23.5 Å². The van der Waals surface area contributed by atoms with Crippen molar-refractivity contribution in [2.45, 2.75) is 56.5 Å². The number of hydrogen-bond donors (Lipinski definition) is 1. The first-order valence-electron chi connectivity index (χ1n) is 10.5. The molecule has 0 aliphatic carbocycles. The van der Waals surface area contributed by atoms with E-state index in [0.29, 0.717) is 29.6 Å². The van der Waals surface area contributed by atoms with Crippen molar-refractivity contribution in [2.24, 2.45) is 11.8 Å². The number of nitrogens with zero attached hydrogens (tertiary/aromatic N) is 1. The number of rotatable bonds is 12. The number of unbranched alkanes of at least 4 members (excludes halogenated alkanes) is 1. The van der Waals surface area contributed by atoms with Crippen molar-refractivity contribution in [1.82, 2.24) is 5.06 Å². The largest absolute Gasteiger partial charge is 0.374 e. The fourth-order valence-corrected chi connectivity index (χ4v) is 6.67. The fourth-order valence-electron chi connectivity index (χ4n) is 4.35. The molecule has 6 heteroatoms. The van der Waals surface area contributed by atoms with Crippen molar-refractivity contribution in [2.75, 3.05) is 24.3 Å². The highest BCUT2D eigenvalue weighted by molar-refractivity contribution is 7.99. The summed E-state index contributed by atoms with van der Waals surface area (Å²) >= 11 is 4.06. The normalized spacial score (nSPS) is 25.9. The maximum Gasteiger partial charge on any atom is 0.245 e. The van der Waals surface area contributed by atoms with Crippen LogP contribution in [0, 0.1) is 11.8 Å². The Labute approximate surface area is 177 Å². The second-order valence-electron chi connectivity index (χ2n) is 7.89. The third-order valence-electron chi connectivity index (χ3n) is 5.90. The monoisotopic (exact) mass is 423 g/mol. The van der Waals surface area contributed by atoms with E-state index in [-0.39, 0.29) is 5.91 Å². The maximum atomic E-state index is 11.4. The van der Waals surface area contributed by atoms with Crippen LogP contribution in [0.15, 0.2) is 30.3 Å². The van der Waals surface area contributed by atoms with E-state index in [0.717, 1.165) is 30.3 Å². The second-order valence-corrected chi connectivity index (χ2v) is 10.1. The van der Waals surface area contributed by atoms with Crippen LogP contribution in [0.1, 0.15) is 44.1 Å². The van der Waals surface area contributed by atoms with Crippen LogP contribution in [0.3, 0.4) is 0 Å². The molecule has 1 amide bonds. The summed E-state index contributed by atoms with van der Waals surface area (Å²) in [6.07, 6.45) is 7.04. The lowest BCUT2D eigenvalue weighted by molar-refractivity contribution is -0.159. The minimum absolute atomic E-state index is 0.195. The second kappa shape index (κ2) is 11.5. The van der Waals surface area contributed by atoms with Crippen molar-refractivity contribution >= 4 is 29.4 Å². The zero-order valence-corrected chi connectivity index (χ0v) is 18.4. The Balaban J connectivity index is 1.32. The third-order valence-corrected chi connectivity index (χ3v) is 8.16. The molecule has 1 N–H and O–H groups in total. The van der Waals surface area contributed by atoms with Crippen molar-refractivity contribution in [1.29, 1.82) is 0 Å². The number of benzene rings is 1. The van der Waals surface area contributed by atoms with Gasteiger partial charge in [0.25, 0.3) is 0 Å². The zero-order chi connectivity index (χ0) is 19.8. The molecule has 2 bridgehead atoms. The van der Waals surface area contributed by atoms with Crippen LogP contribution in [0.25, 0.3) is 0 Å². The minimum Gasteiger partial charge on any atom is -0.374 e. The molecule has 156 valence electrons. The smallest absolute Gasteiger partial charge is 0.245 e. The summed E-state index contributed by atoms with van der Waals surface area (Å²) in [5.74, 6) is 5.81. The van der Waals surface area contributed by atoms with Crippen LogP contribution in [0.2, 0.25) is 0 Å². The first-order chi connectivity index (χ1) is 13.6. The van der Waals surface area contributed by atoms with Crippen LogP contribution in [0.4, 0.5) is 0 Å². The molecular weight excluding hydrogens is 390 g/mol. The van der Waals surface area contributed by atoms with Crippen LogP contribution in [0.5, 0.6) is 0 Å². The minimum atomic E-state index is -0.195. The van der Waals surface area contributed by atoms with E-state index in [2.05, 4.69) is 30.3 Å². The summed E-state index contributed by atoms with van der Waals surface area (Å²) in [4.78, 5) is 11.4. The fraction of sp³-hybridized carbons (Fsp3) is 0.682. The highest BCUT2D eigenvalue weighted by Gasteiger charge is 2.47. The molecule has 0 aromatic heterocycles. The van der Waals surface area contributed by atoms with Crippen molar-refractivity contribution in [3.63, 3.8) is 0 Å². The van der Waals surface area contributed by atoms with E-state index >= 15 is 0 Å². The number of amides is 1. The van der Waals surface area contributed by atoms with Gasteiger partial charge in [-0.05, 0) is 66.8 Å². The topological polar surface area (TPSA) is 49.8 Å². The molecule has 0 spiro atoms. The molecule has 2 aliphatic heterocycles. The summed E-state index contributed by atoms with van der Waals surface area (Å²) in [5, 5.41) is 9.77. The van der Waals surface area contributed by atoms with E-state index in [4.69, 9.17) is 9.94 Å². The first kappa shape index (κ1) is 22.0. The van der Waals surface area contributed by atoms with Gasteiger partial charge in [-0.25, -0.2) is 5.06 Å². The van der Waals surface area contributed by atoms with Gasteiger partial charge in [-0.3, -0.25) is 10.0 Å². The summed E-state index contributed by atoms with van der Waals surface area (Å²) < 4.78 is 6.25. The molecule has 1 aromatic carbocycles. The highest BCUT2D eigenvalue weighted by atomic mass is 32.2. The van der Waals surface area contributed by atoms with Gasteiger partial charge in [-0.15, -0.1) is 0 Å². The lowest BCUT2D eigenvalue weighted by Gasteiger charge is -2.27. The highest BCUT2D eigenvalue weighted by Crippen LogP contribution is 2.46. The first-order valence-corrected chi connectivity index (χ1v) is 12.8. The molecular formula is C22H33NO3S2. The summed E-state index contributed by atoms with van der Waals surface area (Å²) in [7, 11) is 1.39. The quantitative estimate of drug-likeness (QED) is 0.296. The van der Waals surface area contributed by atoms with Crippen molar-refractivity contribution in [3.8, 4) is 0 Å². The zero-order valence-electron chi connectivity index (χ0n) is 16.8. The van der Waals surface area contributed by atoms with Gasteiger partial charge >= 0.3 is 0 Å². The predicted molar refractivity (Wildman–Crippen MR) is 118 cm³/mol. The Bertz CT molecular complexity index is 599. The number of carbonyl (C=O) groups is 1. The summed E-state index contributed by atoms with van der Waals surface area (Å²) in [6.45, 7) is 0. The molecule has 28 heavy (non-hydrogen) atoms. The Morgan fingerprint density at radius 3 is 2.61 bits per heavy atom. The molecule has 4 nitrogen and oxygen atoms in total. The summed E-state index contributed by atoms with van der Waals surface area (Å²) in [5.41, 5.74) is 1.41. The number of thioether (sulfide) groups is 2. The van der Waals surface area contributed by atoms with Crippen molar-refractivity contribution < 1.29 is 14.7 Å². The van der Waals surface area contributed by atoms with Gasteiger partial charge in [0.15, 0.2) is 0 Å². The van der Waals surface area contributed by atoms with E-state index in [1.54, 1.807) is 0 Å². The Morgan fingerprint density at radius 1 is 1.11 bits per heavy atom. The Morgan fingerprint density at radius 2 is 1.86 bits per heavy atom. The predicted octanol–water partition coefficient (Wildman–Crippen LogP) is 4.85. The number of ether oxygens (including phenoxy) is 1. The molecule has 0 saturated carbocycles. The Kier molecular flexibility index (Phi) is 9.03. The average Bonchev–Trinajstić information content (AvgIpc) is 3.30. The van der Waals surface area contributed by atoms with Gasteiger partial charge < -0.3 is 4.74 Å². The third kappa shape index (κ3) is 6.41. The average molecular weight is 424 g/mol. The van der Waals surface area contributed by atoms with Gasteiger partial charge in [0.2, 0.25) is 5.91 Å². The number of carbonyl (C=O) groups excluding carboxylic acids is 1. The van der Waals surface area contributed by atoms with E-state index in [1.807, 2.05) is 23.5 Å². The van der Waals surface area contributed by atoms with Crippen LogP contribution in [-0.2, 0) is 15.3 Å². The van der Waals surface area contributed by atoms with Crippen LogP contribution < -0.4 is 0 Å². The molecule has 2 aliphatic rings. The summed E-state index contributed by atoms with van der Waals surface area (Å²) in [6, 6.07) is 10.7.